The van der Waals surface area contributed by atoms with Crippen LogP contribution in [0.4, 0.5) is 0 Å². The summed E-state index contributed by atoms with van der Waals surface area (Å²) in [6.07, 6.45) is -4.97. The molecule has 314 valence electrons. The van der Waals surface area contributed by atoms with Crippen molar-refractivity contribution in [3.8, 4) is 0 Å². The third kappa shape index (κ3) is 7.47. The van der Waals surface area contributed by atoms with E-state index in [9.17, 15) is 38.5 Å². The zero-order chi connectivity index (χ0) is 39.4. The van der Waals surface area contributed by atoms with E-state index in [1.54, 1.807) is 0 Å². The molecule has 15 nitrogen and oxygen atoms in total. The number of rotatable bonds is 7. The van der Waals surface area contributed by atoms with Gasteiger partial charge < -0.3 is 58.5 Å². The van der Waals surface area contributed by atoms with E-state index in [1.165, 1.54) is 12.5 Å². The Morgan fingerprint density at radius 2 is 1.64 bits per heavy atom. The van der Waals surface area contributed by atoms with E-state index < -0.39 is 90.3 Å². The predicted octanol–water partition coefficient (Wildman–Crippen LogP) is -1.12. The minimum absolute atomic E-state index is 0. The van der Waals surface area contributed by atoms with Crippen molar-refractivity contribution in [2.24, 2.45) is 46.3 Å². The average Bonchev–Trinajstić information content (AvgIpc) is 3.58. The number of ether oxygens (including phenoxy) is 6. The van der Waals surface area contributed by atoms with E-state index in [0.29, 0.717) is 48.3 Å². The smallest absolute Gasteiger partial charge is 0.726 e. The number of hydrogen-bond acceptors (Lipinski definition) is 15. The molecule has 0 unspecified atom stereocenters. The van der Waals surface area contributed by atoms with Gasteiger partial charge in [-0.25, -0.2) is 8.42 Å². The fourth-order valence-electron chi connectivity index (χ4n) is 12.8. The van der Waals surface area contributed by atoms with E-state index in [0.717, 1.165) is 51.6 Å². The van der Waals surface area contributed by atoms with Gasteiger partial charge in [-0.15, -0.1) is 0 Å². The number of hydrogen-bond donors (Lipinski definition) is 5. The predicted molar refractivity (Wildman–Crippen MR) is 190 cm³/mol. The quantitative estimate of drug-likeness (QED) is 0.0888. The van der Waals surface area contributed by atoms with Gasteiger partial charge in [0.15, 0.2) is 18.4 Å². The number of fused-ring (bicyclic) bond motifs is 7. The van der Waals surface area contributed by atoms with E-state index in [4.69, 9.17) is 28.4 Å². The normalized spacial score (nSPS) is 54.3. The second kappa shape index (κ2) is 16.1. The van der Waals surface area contributed by atoms with Crippen LogP contribution in [-0.2, 0) is 43.0 Å². The molecule has 0 aromatic rings. The summed E-state index contributed by atoms with van der Waals surface area (Å²) >= 11 is 0. The summed E-state index contributed by atoms with van der Waals surface area (Å²) in [6, 6.07) is 0. The molecule has 0 aromatic heterocycles. The minimum atomic E-state index is -5.36. The molecule has 21 atom stereocenters. The monoisotopic (exact) mass is 824 g/mol. The first kappa shape index (κ1) is 44.2. The van der Waals surface area contributed by atoms with Crippen LogP contribution in [0.15, 0.2) is 11.6 Å². The van der Waals surface area contributed by atoms with Crippen LogP contribution in [0.1, 0.15) is 92.4 Å². The summed E-state index contributed by atoms with van der Waals surface area (Å²) in [7, 11) is -5.36. The van der Waals surface area contributed by atoms with Crippen molar-refractivity contribution in [2.75, 3.05) is 13.2 Å². The second-order valence-corrected chi connectivity index (χ2v) is 19.8. The van der Waals surface area contributed by atoms with E-state index in [2.05, 4.69) is 38.0 Å². The van der Waals surface area contributed by atoms with Crippen molar-refractivity contribution in [3.05, 3.63) is 11.6 Å². The van der Waals surface area contributed by atoms with Crippen LogP contribution in [0.5, 0.6) is 0 Å². The molecule has 17 heteroatoms. The molecule has 0 bridgehead atoms. The van der Waals surface area contributed by atoms with Gasteiger partial charge >= 0.3 is 29.6 Å². The average molecular weight is 825 g/mol. The maximum Gasteiger partial charge on any atom is 1.00 e. The Labute approximate surface area is 352 Å². The van der Waals surface area contributed by atoms with Crippen molar-refractivity contribution in [1.82, 2.24) is 0 Å². The number of allylic oxidation sites excluding steroid dienone is 1. The zero-order valence-corrected chi connectivity index (χ0v) is 36.3. The van der Waals surface area contributed by atoms with Gasteiger partial charge in [-0.2, -0.15) is 0 Å². The van der Waals surface area contributed by atoms with Gasteiger partial charge in [0.05, 0.1) is 31.5 Å². The Bertz CT molecular complexity index is 1560. The van der Waals surface area contributed by atoms with E-state index >= 15 is 0 Å². The molecule has 4 aliphatic heterocycles. The summed E-state index contributed by atoms with van der Waals surface area (Å²) < 4.78 is 76.9. The van der Waals surface area contributed by atoms with Crippen molar-refractivity contribution < 1.29 is 101 Å². The largest absolute Gasteiger partial charge is 1.00 e. The molecule has 7 fully saturated rings. The minimum Gasteiger partial charge on any atom is -0.726 e. The molecule has 4 aliphatic carbocycles. The summed E-state index contributed by atoms with van der Waals surface area (Å²) in [5.41, 5.74) is 1.46. The van der Waals surface area contributed by atoms with Crippen LogP contribution in [0.2, 0.25) is 0 Å². The second-order valence-electron chi connectivity index (χ2n) is 18.7. The number of aliphatic hydroxyl groups is 5. The third-order valence-electron chi connectivity index (χ3n) is 15.8. The van der Waals surface area contributed by atoms with Gasteiger partial charge in [-0.3, -0.25) is 4.18 Å². The first-order chi connectivity index (χ1) is 25.9. The molecule has 5 N–H and O–H groups in total. The van der Waals surface area contributed by atoms with Crippen LogP contribution < -0.4 is 29.6 Å². The van der Waals surface area contributed by atoms with Crippen molar-refractivity contribution in [3.63, 3.8) is 0 Å². The van der Waals surface area contributed by atoms with Crippen LogP contribution in [0.25, 0.3) is 0 Å². The Kier molecular flexibility index (Phi) is 12.7. The fraction of sp³-hybridized carbons (Fsp3) is 0.949. The Balaban J connectivity index is 0.00000480. The van der Waals surface area contributed by atoms with E-state index in [-0.39, 0.29) is 46.5 Å². The SMILES string of the molecule is C[C@@H]1CC[C@@]2(OC1)O[C@H]1C[C@H]3[C@@H]4CC=C5C[C@@H](O[C@@H]6O[C@H](CO)[C@@H](OS(=O)(=O)[O-])[C@H](O)[C@H]6O[C@@H]6O[C@@H](C)[C@H](O)[C@@H](O)[C@H]6O)CC[C@]5(C)[C@H]4CC[C@]3(C)[C@H]1[C@@H]2C.[Na+]. The van der Waals surface area contributed by atoms with Gasteiger partial charge in [-0.05, 0) is 98.7 Å². The zero-order valence-electron chi connectivity index (χ0n) is 33.5. The Hall–Kier alpha value is 0.170. The summed E-state index contributed by atoms with van der Waals surface area (Å²) in [5, 5.41) is 52.8. The molecule has 4 saturated heterocycles. The van der Waals surface area contributed by atoms with Gasteiger partial charge in [0.25, 0.3) is 0 Å². The van der Waals surface area contributed by atoms with Crippen molar-refractivity contribution >= 4 is 10.4 Å². The van der Waals surface area contributed by atoms with Crippen molar-refractivity contribution in [2.45, 2.75) is 172 Å². The van der Waals surface area contributed by atoms with E-state index in [1.807, 2.05) is 0 Å². The molecule has 0 aromatic carbocycles. The molecule has 0 amide bonds. The summed E-state index contributed by atoms with van der Waals surface area (Å²) in [5.74, 6) is 2.57. The fourth-order valence-corrected chi connectivity index (χ4v) is 13.3. The van der Waals surface area contributed by atoms with Crippen LogP contribution in [0, 0.1) is 46.3 Å². The maximum absolute atomic E-state index is 11.6. The Morgan fingerprint density at radius 1 is 0.893 bits per heavy atom. The van der Waals surface area contributed by atoms with Gasteiger partial charge in [0, 0.05) is 12.3 Å². The first-order valence-corrected chi connectivity index (χ1v) is 21.8. The van der Waals surface area contributed by atoms with Crippen LogP contribution in [0.3, 0.4) is 0 Å². The molecule has 4 heterocycles. The molecule has 3 saturated carbocycles. The van der Waals surface area contributed by atoms with Crippen molar-refractivity contribution in [1.29, 1.82) is 0 Å². The Morgan fingerprint density at radius 3 is 2.32 bits per heavy atom. The van der Waals surface area contributed by atoms with Gasteiger partial charge in [0.1, 0.15) is 42.7 Å². The standard InChI is InChI=1S/C39H62O15S.Na/c1-18-8-13-39(48-17-18)19(2)28-26(53-39)15-25-23-7-6-21-14-22(9-11-37(21,4)24(23)10-12-38(25,28)5)50-36-34(52-35-31(43)30(42)29(41)20(3)49-35)32(44)33(27(16-40)51-36)54-55(45,46)47;/h6,18-20,22-36,40-44H,7-17H2,1-5H3,(H,45,46,47);/q;+1/p-1/t18-,19+,20+,22+,23-,24+,25+,26+,27-,28+,29+,30-,31-,32+,33-,34-,35+,36-,37+,38+,39-;/m1./s1. The molecular formula is C39H61NaO15S. The molecule has 8 rings (SSSR count). The summed E-state index contributed by atoms with van der Waals surface area (Å²) in [4.78, 5) is 0. The summed E-state index contributed by atoms with van der Waals surface area (Å²) in [6.45, 7) is 10.9. The molecular weight excluding hydrogens is 763 g/mol. The van der Waals surface area contributed by atoms with Crippen LogP contribution in [-0.4, -0.2) is 131 Å². The third-order valence-corrected chi connectivity index (χ3v) is 16.2. The molecule has 56 heavy (non-hydrogen) atoms. The number of aliphatic hydroxyl groups excluding tert-OH is 5. The first-order valence-electron chi connectivity index (χ1n) is 20.5. The van der Waals surface area contributed by atoms with Gasteiger partial charge in [0.2, 0.25) is 10.4 Å². The molecule has 1 spiro atoms. The maximum atomic E-state index is 11.6. The molecule has 8 aliphatic rings. The molecule has 0 radical (unpaired) electrons. The van der Waals surface area contributed by atoms with Gasteiger partial charge in [-0.1, -0.05) is 39.3 Å². The topological polar surface area (TPSA) is 223 Å². The van der Waals surface area contributed by atoms with Crippen LogP contribution >= 0.6 is 0 Å².